The maximum Gasteiger partial charge on any atom is 0.200 e. The van der Waals surface area contributed by atoms with Gasteiger partial charge in [0.1, 0.15) is 0 Å². The van der Waals surface area contributed by atoms with Crippen LogP contribution in [0.1, 0.15) is 26.2 Å². The zero-order valence-corrected chi connectivity index (χ0v) is 9.25. The van der Waals surface area contributed by atoms with Crippen molar-refractivity contribution in [3.8, 4) is 5.75 Å². The maximum absolute atomic E-state index is 13.1. The Morgan fingerprint density at radius 2 is 2.06 bits per heavy atom. The van der Waals surface area contributed by atoms with Crippen LogP contribution in [-0.2, 0) is 0 Å². The highest BCUT2D eigenvalue weighted by Crippen LogP contribution is 2.19. The molecule has 2 nitrogen and oxygen atoms in total. The Morgan fingerprint density at radius 1 is 1.31 bits per heavy atom. The fourth-order valence-electron chi connectivity index (χ4n) is 1.32. The highest BCUT2D eigenvalue weighted by atomic mass is 19.2. The third kappa shape index (κ3) is 4.14. The molecule has 0 aliphatic rings. The van der Waals surface area contributed by atoms with Crippen molar-refractivity contribution in [3.05, 3.63) is 29.8 Å². The first-order valence-corrected chi connectivity index (χ1v) is 5.36. The zero-order valence-electron chi connectivity index (χ0n) is 9.25. The van der Waals surface area contributed by atoms with E-state index in [2.05, 4.69) is 0 Å². The fraction of sp³-hybridized carbons (Fsp3) is 0.500. The van der Waals surface area contributed by atoms with Crippen molar-refractivity contribution >= 4 is 0 Å². The van der Waals surface area contributed by atoms with Gasteiger partial charge in [0.2, 0.25) is 5.82 Å². The fourth-order valence-corrected chi connectivity index (χ4v) is 1.32. The summed E-state index contributed by atoms with van der Waals surface area (Å²) >= 11 is 0. The second-order valence-electron chi connectivity index (χ2n) is 3.75. The van der Waals surface area contributed by atoms with E-state index in [-0.39, 0.29) is 11.9 Å². The quantitative estimate of drug-likeness (QED) is 0.761. The van der Waals surface area contributed by atoms with Crippen molar-refractivity contribution in [2.75, 3.05) is 6.61 Å². The Hall–Kier alpha value is -1.16. The van der Waals surface area contributed by atoms with E-state index in [4.69, 9.17) is 9.84 Å². The summed E-state index contributed by atoms with van der Waals surface area (Å²) in [6, 6.07) is 3.85. The lowest BCUT2D eigenvalue weighted by molar-refractivity contribution is 0.176. The van der Waals surface area contributed by atoms with Crippen molar-refractivity contribution in [2.24, 2.45) is 0 Å². The summed E-state index contributed by atoms with van der Waals surface area (Å²) in [6.07, 6.45) is 1.87. The highest BCUT2D eigenvalue weighted by molar-refractivity contribution is 5.24. The Kier molecular flexibility index (Phi) is 5.19. The SMILES string of the molecule is CC(O)CCCCOc1cccc(F)c1F. The molecule has 0 saturated heterocycles. The van der Waals surface area contributed by atoms with Gasteiger partial charge in [0.05, 0.1) is 12.7 Å². The minimum Gasteiger partial charge on any atom is -0.490 e. The van der Waals surface area contributed by atoms with E-state index in [1.165, 1.54) is 12.1 Å². The number of benzene rings is 1. The van der Waals surface area contributed by atoms with Gasteiger partial charge in [-0.2, -0.15) is 4.39 Å². The van der Waals surface area contributed by atoms with Crippen molar-refractivity contribution in [2.45, 2.75) is 32.3 Å². The second-order valence-corrected chi connectivity index (χ2v) is 3.75. The molecule has 0 aliphatic carbocycles. The van der Waals surface area contributed by atoms with E-state index in [0.29, 0.717) is 19.4 Å². The molecule has 0 spiro atoms. The summed E-state index contributed by atoms with van der Waals surface area (Å²) in [4.78, 5) is 0. The summed E-state index contributed by atoms with van der Waals surface area (Å²) in [5.74, 6) is -1.91. The van der Waals surface area contributed by atoms with E-state index in [0.717, 1.165) is 12.5 Å². The Bertz CT molecular complexity index is 327. The number of halogens is 2. The van der Waals surface area contributed by atoms with Gasteiger partial charge in [0, 0.05) is 0 Å². The molecule has 0 saturated carbocycles. The molecule has 0 amide bonds. The molecule has 1 rings (SSSR count). The number of ether oxygens (including phenoxy) is 1. The molecule has 1 unspecified atom stereocenters. The lowest BCUT2D eigenvalue weighted by atomic mass is 10.2. The molecule has 0 heterocycles. The van der Waals surface area contributed by atoms with Crippen molar-refractivity contribution in [3.63, 3.8) is 0 Å². The molecule has 0 aromatic heterocycles. The molecule has 0 fully saturated rings. The zero-order chi connectivity index (χ0) is 12.0. The molecule has 16 heavy (non-hydrogen) atoms. The normalized spacial score (nSPS) is 12.5. The van der Waals surface area contributed by atoms with Crippen LogP contribution in [0.5, 0.6) is 5.75 Å². The van der Waals surface area contributed by atoms with Crippen LogP contribution in [0.2, 0.25) is 0 Å². The average Bonchev–Trinajstić information content (AvgIpc) is 2.23. The van der Waals surface area contributed by atoms with E-state index in [1.54, 1.807) is 6.92 Å². The number of aliphatic hydroxyl groups excluding tert-OH is 1. The van der Waals surface area contributed by atoms with Gasteiger partial charge in [-0.3, -0.25) is 0 Å². The molecule has 0 bridgehead atoms. The summed E-state index contributed by atoms with van der Waals surface area (Å²) in [6.45, 7) is 2.04. The molecular weight excluding hydrogens is 214 g/mol. The van der Waals surface area contributed by atoms with Crippen molar-refractivity contribution < 1.29 is 18.6 Å². The summed E-state index contributed by atoms with van der Waals surface area (Å²) in [7, 11) is 0. The van der Waals surface area contributed by atoms with Crippen LogP contribution in [0.4, 0.5) is 8.78 Å². The van der Waals surface area contributed by atoms with Crippen LogP contribution in [0.15, 0.2) is 18.2 Å². The molecule has 0 radical (unpaired) electrons. The van der Waals surface area contributed by atoms with Crippen LogP contribution in [0.25, 0.3) is 0 Å². The highest BCUT2D eigenvalue weighted by Gasteiger charge is 2.07. The summed E-state index contributed by atoms with van der Waals surface area (Å²) in [5.41, 5.74) is 0. The third-order valence-electron chi connectivity index (χ3n) is 2.19. The molecule has 1 N–H and O–H groups in total. The predicted octanol–water partition coefficient (Wildman–Crippen LogP) is 2.89. The van der Waals surface area contributed by atoms with Crippen molar-refractivity contribution in [1.82, 2.24) is 0 Å². The van der Waals surface area contributed by atoms with Crippen LogP contribution in [0, 0.1) is 11.6 Å². The first-order valence-electron chi connectivity index (χ1n) is 5.36. The molecule has 1 atom stereocenters. The van der Waals surface area contributed by atoms with Crippen LogP contribution < -0.4 is 4.74 Å². The van der Waals surface area contributed by atoms with Gasteiger partial charge in [0.25, 0.3) is 0 Å². The molecule has 1 aromatic carbocycles. The molecule has 90 valence electrons. The van der Waals surface area contributed by atoms with Gasteiger partial charge >= 0.3 is 0 Å². The summed E-state index contributed by atoms with van der Waals surface area (Å²) in [5, 5.41) is 9.00. The number of rotatable bonds is 6. The van der Waals surface area contributed by atoms with Gasteiger partial charge in [0.15, 0.2) is 11.6 Å². The Labute approximate surface area is 93.9 Å². The van der Waals surface area contributed by atoms with Crippen LogP contribution >= 0.6 is 0 Å². The predicted molar refractivity (Wildman–Crippen MR) is 57.4 cm³/mol. The van der Waals surface area contributed by atoms with Gasteiger partial charge < -0.3 is 9.84 Å². The molecule has 1 aromatic rings. The molecule has 0 aliphatic heterocycles. The lowest BCUT2D eigenvalue weighted by Gasteiger charge is -2.08. The van der Waals surface area contributed by atoms with E-state index in [1.807, 2.05) is 0 Å². The van der Waals surface area contributed by atoms with Gasteiger partial charge in [-0.05, 0) is 38.3 Å². The molecule has 4 heteroatoms. The van der Waals surface area contributed by atoms with Crippen LogP contribution in [-0.4, -0.2) is 17.8 Å². The smallest absolute Gasteiger partial charge is 0.200 e. The third-order valence-corrected chi connectivity index (χ3v) is 2.19. The van der Waals surface area contributed by atoms with Crippen molar-refractivity contribution in [1.29, 1.82) is 0 Å². The topological polar surface area (TPSA) is 29.5 Å². The Balaban J connectivity index is 2.29. The largest absolute Gasteiger partial charge is 0.490 e. The number of hydrogen-bond donors (Lipinski definition) is 1. The van der Waals surface area contributed by atoms with E-state index >= 15 is 0 Å². The number of aliphatic hydroxyl groups is 1. The summed E-state index contributed by atoms with van der Waals surface area (Å²) < 4.78 is 31.0. The standard InChI is InChI=1S/C12H16F2O2/c1-9(15)5-2-3-8-16-11-7-4-6-10(13)12(11)14/h4,6-7,9,15H,2-3,5,8H2,1H3. The van der Waals surface area contributed by atoms with Gasteiger partial charge in [-0.25, -0.2) is 4.39 Å². The second kappa shape index (κ2) is 6.43. The maximum atomic E-state index is 13.1. The minimum atomic E-state index is -0.946. The first kappa shape index (κ1) is 12.9. The monoisotopic (exact) mass is 230 g/mol. The first-order chi connectivity index (χ1) is 7.61. The lowest BCUT2D eigenvalue weighted by Crippen LogP contribution is -2.03. The van der Waals surface area contributed by atoms with Gasteiger partial charge in [-0.1, -0.05) is 6.07 Å². The van der Waals surface area contributed by atoms with E-state index in [9.17, 15) is 8.78 Å². The minimum absolute atomic E-state index is 0.0583. The molecular formula is C12H16F2O2. The number of hydrogen-bond acceptors (Lipinski definition) is 2. The Morgan fingerprint density at radius 3 is 2.75 bits per heavy atom. The number of unbranched alkanes of at least 4 members (excludes halogenated alkanes) is 1. The van der Waals surface area contributed by atoms with Gasteiger partial charge in [-0.15, -0.1) is 0 Å². The van der Waals surface area contributed by atoms with Crippen LogP contribution in [0.3, 0.4) is 0 Å². The van der Waals surface area contributed by atoms with E-state index < -0.39 is 11.6 Å². The average molecular weight is 230 g/mol.